The molecule has 23 heavy (non-hydrogen) atoms. The predicted octanol–water partition coefficient (Wildman–Crippen LogP) is 3.92. The van der Waals surface area contributed by atoms with Gasteiger partial charge in [0.25, 0.3) is 0 Å². The number of hydroxylamine groups is 3. The highest BCUT2D eigenvalue weighted by Gasteiger charge is 2.35. The second-order valence-electron chi connectivity index (χ2n) is 7.60. The topological polar surface area (TPSA) is 35.5 Å². The van der Waals surface area contributed by atoms with E-state index in [4.69, 9.17) is 9.57 Å². The minimum Gasteiger partial charge on any atom is -0.469 e. The first-order chi connectivity index (χ1) is 10.5. The molecule has 0 amide bonds. The first-order valence-corrected chi connectivity index (χ1v) is 7.98. The fraction of sp³-hybridized carbons (Fsp3) is 0.526. The molecule has 0 spiro atoms. The van der Waals surface area contributed by atoms with E-state index in [-0.39, 0.29) is 17.4 Å². The molecule has 1 atom stereocenters. The van der Waals surface area contributed by atoms with E-state index in [2.05, 4.69) is 60.0 Å². The molecule has 0 bridgehead atoms. The molecular formula is C19H28NO3+. The lowest BCUT2D eigenvalue weighted by Gasteiger charge is -2.39. The van der Waals surface area contributed by atoms with Crippen molar-refractivity contribution in [3.05, 3.63) is 35.4 Å². The Labute approximate surface area is 139 Å². The first kappa shape index (κ1) is 17.5. The number of esters is 1. The van der Waals surface area contributed by atoms with Crippen molar-refractivity contribution in [2.24, 2.45) is 0 Å². The molecule has 126 valence electrons. The normalized spacial score (nSPS) is 17.5. The molecule has 0 fully saturated rings. The SMILES string of the molecule is COC(=O)CC1C=C(C)c2cc(O[N+](C)(C)C(C)(C)C)ccc21. The average Bonchev–Trinajstić information content (AvgIpc) is 2.73. The van der Waals surface area contributed by atoms with Crippen LogP contribution >= 0.6 is 0 Å². The van der Waals surface area contributed by atoms with Crippen molar-refractivity contribution in [3.8, 4) is 5.75 Å². The molecule has 0 N–H and O–H groups in total. The molecule has 4 heteroatoms. The highest BCUT2D eigenvalue weighted by Crippen LogP contribution is 2.40. The van der Waals surface area contributed by atoms with Gasteiger partial charge in [-0.1, -0.05) is 12.1 Å². The number of carbonyl (C=O) groups is 1. The fourth-order valence-corrected chi connectivity index (χ4v) is 2.57. The number of allylic oxidation sites excluding steroid dienone is 2. The second kappa shape index (κ2) is 6.00. The number of quaternary nitrogens is 1. The second-order valence-corrected chi connectivity index (χ2v) is 7.60. The smallest absolute Gasteiger partial charge is 0.306 e. The summed E-state index contributed by atoms with van der Waals surface area (Å²) in [4.78, 5) is 17.8. The number of benzene rings is 1. The fourth-order valence-electron chi connectivity index (χ4n) is 2.57. The van der Waals surface area contributed by atoms with Gasteiger partial charge in [0.05, 0.1) is 13.5 Å². The van der Waals surface area contributed by atoms with Gasteiger partial charge in [0, 0.05) is 5.92 Å². The van der Waals surface area contributed by atoms with Crippen LogP contribution in [0.5, 0.6) is 5.75 Å². The van der Waals surface area contributed by atoms with E-state index < -0.39 is 0 Å². The van der Waals surface area contributed by atoms with E-state index >= 15 is 0 Å². The Bertz CT molecular complexity index is 639. The molecule has 1 aliphatic carbocycles. The van der Waals surface area contributed by atoms with Gasteiger partial charge in [0.1, 0.15) is 19.6 Å². The summed E-state index contributed by atoms with van der Waals surface area (Å²) in [5, 5.41) is 0. The van der Waals surface area contributed by atoms with Crippen LogP contribution in [0.15, 0.2) is 24.3 Å². The maximum atomic E-state index is 11.6. The van der Waals surface area contributed by atoms with Gasteiger partial charge >= 0.3 is 5.97 Å². The van der Waals surface area contributed by atoms with Gasteiger partial charge < -0.3 is 9.57 Å². The summed E-state index contributed by atoms with van der Waals surface area (Å²) in [6.07, 6.45) is 2.51. The van der Waals surface area contributed by atoms with Crippen LogP contribution in [0.2, 0.25) is 0 Å². The Kier molecular flexibility index (Phi) is 4.58. The van der Waals surface area contributed by atoms with Gasteiger partial charge in [0.2, 0.25) is 0 Å². The van der Waals surface area contributed by atoms with Gasteiger partial charge in [-0.25, -0.2) is 0 Å². The van der Waals surface area contributed by atoms with E-state index in [1.807, 2.05) is 6.07 Å². The maximum absolute atomic E-state index is 11.6. The Morgan fingerprint density at radius 3 is 2.48 bits per heavy atom. The Morgan fingerprint density at radius 1 is 1.26 bits per heavy atom. The molecule has 0 saturated heterocycles. The number of methoxy groups -OCH3 is 1. The quantitative estimate of drug-likeness (QED) is 0.479. The lowest BCUT2D eigenvalue weighted by molar-refractivity contribution is -1.08. The highest BCUT2D eigenvalue weighted by atomic mass is 16.7. The molecule has 0 saturated carbocycles. The van der Waals surface area contributed by atoms with Gasteiger partial charge in [-0.05, 0) is 56.5 Å². The molecule has 4 nitrogen and oxygen atoms in total. The van der Waals surface area contributed by atoms with Crippen molar-refractivity contribution in [2.75, 3.05) is 21.2 Å². The van der Waals surface area contributed by atoms with E-state index in [9.17, 15) is 4.79 Å². The lowest BCUT2D eigenvalue weighted by atomic mass is 9.97. The van der Waals surface area contributed by atoms with E-state index in [0.717, 1.165) is 11.3 Å². The maximum Gasteiger partial charge on any atom is 0.306 e. The third-order valence-electron chi connectivity index (χ3n) is 4.86. The number of carbonyl (C=O) groups excluding carboxylic acids is 1. The van der Waals surface area contributed by atoms with Crippen LogP contribution in [-0.2, 0) is 9.53 Å². The third-order valence-corrected chi connectivity index (χ3v) is 4.86. The molecule has 1 aromatic carbocycles. The summed E-state index contributed by atoms with van der Waals surface area (Å²) >= 11 is 0. The molecule has 0 heterocycles. The Balaban J connectivity index is 2.26. The summed E-state index contributed by atoms with van der Waals surface area (Å²) in [5.74, 6) is 0.754. The van der Waals surface area contributed by atoms with Crippen molar-refractivity contribution < 1.29 is 19.0 Å². The zero-order valence-corrected chi connectivity index (χ0v) is 15.3. The standard InChI is InChI=1S/C19H28NO3/c1-13-10-14(11-18(21)22-7)16-9-8-15(12-17(13)16)23-20(5,6)19(2,3)4/h8-10,12,14H,11H2,1-7H3/q+1. The molecule has 1 unspecified atom stereocenters. The van der Waals surface area contributed by atoms with Crippen LogP contribution in [0.4, 0.5) is 0 Å². The summed E-state index contributed by atoms with van der Waals surface area (Å²) in [6, 6.07) is 6.12. The van der Waals surface area contributed by atoms with Crippen molar-refractivity contribution in [1.29, 1.82) is 0 Å². The number of rotatable bonds is 4. The van der Waals surface area contributed by atoms with Crippen molar-refractivity contribution in [3.63, 3.8) is 0 Å². The minimum absolute atomic E-state index is 0.0304. The number of hydrogen-bond acceptors (Lipinski definition) is 3. The number of ether oxygens (including phenoxy) is 1. The van der Waals surface area contributed by atoms with E-state index in [1.165, 1.54) is 18.2 Å². The number of hydrogen-bond donors (Lipinski definition) is 0. The zero-order valence-electron chi connectivity index (χ0n) is 15.3. The van der Waals surface area contributed by atoms with Crippen LogP contribution in [0.3, 0.4) is 0 Å². The van der Waals surface area contributed by atoms with Crippen LogP contribution in [0.25, 0.3) is 5.57 Å². The lowest BCUT2D eigenvalue weighted by Crippen LogP contribution is -2.56. The minimum atomic E-state index is -0.183. The number of fused-ring (bicyclic) bond motifs is 1. The largest absolute Gasteiger partial charge is 0.469 e. The van der Waals surface area contributed by atoms with Gasteiger partial charge in [-0.3, -0.25) is 4.79 Å². The van der Waals surface area contributed by atoms with Gasteiger partial charge in [-0.15, -0.1) is 4.65 Å². The Morgan fingerprint density at radius 2 is 1.91 bits per heavy atom. The number of nitrogens with zero attached hydrogens (tertiary/aromatic N) is 1. The average molecular weight is 318 g/mol. The van der Waals surface area contributed by atoms with Crippen LogP contribution in [0.1, 0.15) is 51.2 Å². The van der Waals surface area contributed by atoms with E-state index in [1.54, 1.807) is 0 Å². The van der Waals surface area contributed by atoms with Crippen LogP contribution < -0.4 is 4.84 Å². The summed E-state index contributed by atoms with van der Waals surface area (Å²) in [7, 11) is 5.53. The van der Waals surface area contributed by atoms with Crippen molar-refractivity contribution in [1.82, 2.24) is 0 Å². The van der Waals surface area contributed by atoms with Gasteiger partial charge in [-0.2, -0.15) is 0 Å². The van der Waals surface area contributed by atoms with Crippen molar-refractivity contribution in [2.45, 2.75) is 45.6 Å². The molecule has 1 aromatic rings. The van der Waals surface area contributed by atoms with E-state index in [0.29, 0.717) is 11.1 Å². The summed E-state index contributed by atoms with van der Waals surface area (Å²) < 4.78 is 5.22. The van der Waals surface area contributed by atoms with Crippen molar-refractivity contribution >= 4 is 11.5 Å². The molecule has 2 rings (SSSR count). The molecule has 0 radical (unpaired) electrons. The zero-order chi connectivity index (χ0) is 17.4. The summed E-state index contributed by atoms with van der Waals surface area (Å²) in [6.45, 7) is 8.53. The van der Waals surface area contributed by atoms with Crippen LogP contribution in [-0.4, -0.2) is 37.4 Å². The van der Waals surface area contributed by atoms with Gasteiger partial charge in [0.15, 0.2) is 5.75 Å². The molecule has 0 aliphatic heterocycles. The molecule has 0 aromatic heterocycles. The predicted molar refractivity (Wildman–Crippen MR) is 92.0 cm³/mol. The first-order valence-electron chi connectivity index (χ1n) is 7.98. The monoisotopic (exact) mass is 318 g/mol. The highest BCUT2D eigenvalue weighted by molar-refractivity contribution is 5.78. The van der Waals surface area contributed by atoms with Crippen LogP contribution in [0, 0.1) is 0 Å². The molecule has 1 aliphatic rings. The third kappa shape index (κ3) is 3.58. The Hall–Kier alpha value is -1.81. The summed E-state index contributed by atoms with van der Waals surface area (Å²) in [5.41, 5.74) is 3.48. The molecular weight excluding hydrogens is 290 g/mol.